The Labute approximate surface area is 127 Å². The molecule has 0 saturated carbocycles. The van der Waals surface area contributed by atoms with E-state index >= 15 is 0 Å². The molecule has 2 nitrogen and oxygen atoms in total. The molecular weight excluding hydrogens is 244 g/mol. The molecule has 1 fully saturated rings. The molecule has 0 aromatic heterocycles. The van der Waals surface area contributed by atoms with E-state index in [0.29, 0.717) is 5.54 Å². The Balaban J connectivity index is 2.32. The van der Waals surface area contributed by atoms with Crippen LogP contribution in [0.1, 0.15) is 85.5 Å². The van der Waals surface area contributed by atoms with Crippen molar-refractivity contribution in [1.82, 2.24) is 10.2 Å². The van der Waals surface area contributed by atoms with Crippen LogP contribution >= 0.6 is 0 Å². The lowest BCUT2D eigenvalue weighted by Gasteiger charge is -2.46. The highest BCUT2D eigenvalue weighted by molar-refractivity contribution is 4.94. The van der Waals surface area contributed by atoms with Crippen LogP contribution in [0.15, 0.2) is 0 Å². The van der Waals surface area contributed by atoms with Gasteiger partial charge in [0.25, 0.3) is 0 Å². The van der Waals surface area contributed by atoms with Crippen molar-refractivity contribution in [3.05, 3.63) is 0 Å². The summed E-state index contributed by atoms with van der Waals surface area (Å²) >= 11 is 0. The number of piperazine rings is 1. The Kier molecular flexibility index (Phi) is 8.79. The summed E-state index contributed by atoms with van der Waals surface area (Å²) in [4.78, 5) is 2.78. The highest BCUT2D eigenvalue weighted by Gasteiger charge is 2.33. The van der Waals surface area contributed by atoms with Crippen molar-refractivity contribution in [2.75, 3.05) is 19.6 Å². The van der Waals surface area contributed by atoms with Crippen LogP contribution in [-0.2, 0) is 0 Å². The van der Waals surface area contributed by atoms with E-state index in [2.05, 4.69) is 37.9 Å². The summed E-state index contributed by atoms with van der Waals surface area (Å²) in [6.07, 6.45) is 12.3. The molecule has 0 aliphatic carbocycles. The maximum Gasteiger partial charge on any atom is 0.0278 e. The lowest BCUT2D eigenvalue weighted by atomic mass is 9.92. The van der Waals surface area contributed by atoms with Crippen LogP contribution < -0.4 is 5.32 Å². The van der Waals surface area contributed by atoms with Crippen LogP contribution in [-0.4, -0.2) is 36.1 Å². The monoisotopic (exact) mass is 282 g/mol. The molecule has 2 unspecified atom stereocenters. The first-order chi connectivity index (χ1) is 9.65. The fourth-order valence-electron chi connectivity index (χ4n) is 3.34. The minimum absolute atomic E-state index is 0.340. The van der Waals surface area contributed by atoms with Gasteiger partial charge in [-0.25, -0.2) is 0 Å². The topological polar surface area (TPSA) is 15.3 Å². The molecule has 1 rings (SSSR count). The predicted octanol–water partition coefficient (Wildman–Crippen LogP) is 4.59. The summed E-state index contributed by atoms with van der Waals surface area (Å²) in [6.45, 7) is 13.1. The van der Waals surface area contributed by atoms with E-state index in [1.165, 1.54) is 77.4 Å². The predicted molar refractivity (Wildman–Crippen MR) is 90.3 cm³/mol. The van der Waals surface area contributed by atoms with Crippen molar-refractivity contribution in [2.45, 2.75) is 97.1 Å². The highest BCUT2D eigenvalue weighted by atomic mass is 15.2. The molecule has 0 aromatic rings. The van der Waals surface area contributed by atoms with Gasteiger partial charge in [-0.15, -0.1) is 0 Å². The maximum absolute atomic E-state index is 3.79. The summed E-state index contributed by atoms with van der Waals surface area (Å²) in [5.74, 6) is 0. The smallest absolute Gasteiger partial charge is 0.0278 e. The van der Waals surface area contributed by atoms with E-state index in [4.69, 9.17) is 0 Å². The molecule has 0 radical (unpaired) electrons. The largest absolute Gasteiger partial charge is 0.309 e. The van der Waals surface area contributed by atoms with E-state index in [-0.39, 0.29) is 0 Å². The minimum atomic E-state index is 0.340. The zero-order chi connectivity index (χ0) is 14.8. The summed E-state index contributed by atoms with van der Waals surface area (Å²) in [7, 11) is 0. The number of rotatable bonds is 10. The van der Waals surface area contributed by atoms with Gasteiger partial charge in [0.1, 0.15) is 0 Å². The van der Waals surface area contributed by atoms with E-state index in [9.17, 15) is 0 Å². The zero-order valence-electron chi connectivity index (χ0n) is 14.5. The SMILES string of the molecule is CCCCCCCCN1CC(C)(CC)NCC1CCC. The average molecular weight is 283 g/mol. The molecule has 1 aliphatic rings. The molecule has 0 bridgehead atoms. The third kappa shape index (κ3) is 6.13. The van der Waals surface area contributed by atoms with Gasteiger partial charge < -0.3 is 5.32 Å². The molecule has 0 aromatic carbocycles. The summed E-state index contributed by atoms with van der Waals surface area (Å²) in [5, 5.41) is 3.79. The van der Waals surface area contributed by atoms with Gasteiger partial charge in [0, 0.05) is 24.7 Å². The van der Waals surface area contributed by atoms with Crippen molar-refractivity contribution in [2.24, 2.45) is 0 Å². The molecule has 20 heavy (non-hydrogen) atoms. The molecule has 1 N–H and O–H groups in total. The fourth-order valence-corrected chi connectivity index (χ4v) is 3.34. The van der Waals surface area contributed by atoms with E-state index in [1.54, 1.807) is 0 Å². The van der Waals surface area contributed by atoms with Crippen LogP contribution in [0.5, 0.6) is 0 Å². The molecule has 1 saturated heterocycles. The van der Waals surface area contributed by atoms with Crippen LogP contribution in [0.3, 0.4) is 0 Å². The molecule has 120 valence electrons. The molecule has 1 aliphatic heterocycles. The molecule has 1 heterocycles. The standard InChI is InChI=1S/C18H38N2/c1-5-8-9-10-11-12-14-20-16-18(4,7-3)19-15-17(20)13-6-2/h17,19H,5-16H2,1-4H3. The van der Waals surface area contributed by atoms with E-state index in [0.717, 1.165) is 6.04 Å². The van der Waals surface area contributed by atoms with Crippen LogP contribution in [0.2, 0.25) is 0 Å². The lowest BCUT2D eigenvalue weighted by molar-refractivity contribution is 0.0774. The van der Waals surface area contributed by atoms with Gasteiger partial charge in [-0.05, 0) is 32.7 Å². The first-order valence-electron chi connectivity index (χ1n) is 9.14. The summed E-state index contributed by atoms with van der Waals surface area (Å²) in [5.41, 5.74) is 0.340. The average Bonchev–Trinajstić information content (AvgIpc) is 2.46. The van der Waals surface area contributed by atoms with E-state index in [1.807, 2.05) is 0 Å². The van der Waals surface area contributed by atoms with Gasteiger partial charge in [-0.3, -0.25) is 4.90 Å². The van der Waals surface area contributed by atoms with Crippen molar-refractivity contribution in [1.29, 1.82) is 0 Å². The lowest BCUT2D eigenvalue weighted by Crippen LogP contribution is -2.62. The number of nitrogens with one attached hydrogen (secondary N) is 1. The maximum atomic E-state index is 3.79. The van der Waals surface area contributed by atoms with Crippen molar-refractivity contribution in [3.8, 4) is 0 Å². The molecule has 2 atom stereocenters. The molecule has 0 spiro atoms. The molecule has 2 heteroatoms. The normalized spacial score (nSPS) is 27.9. The second kappa shape index (κ2) is 9.78. The Morgan fingerprint density at radius 1 is 1.00 bits per heavy atom. The van der Waals surface area contributed by atoms with Gasteiger partial charge in [-0.2, -0.15) is 0 Å². The Hall–Kier alpha value is -0.0800. The number of nitrogens with zero attached hydrogens (tertiary/aromatic N) is 1. The van der Waals surface area contributed by atoms with Crippen molar-refractivity contribution in [3.63, 3.8) is 0 Å². The van der Waals surface area contributed by atoms with Crippen molar-refractivity contribution < 1.29 is 0 Å². The van der Waals surface area contributed by atoms with E-state index < -0.39 is 0 Å². The summed E-state index contributed by atoms with van der Waals surface area (Å²) < 4.78 is 0. The minimum Gasteiger partial charge on any atom is -0.309 e. The quantitative estimate of drug-likeness (QED) is 0.590. The zero-order valence-corrected chi connectivity index (χ0v) is 14.5. The Bertz CT molecular complexity index is 242. The second-order valence-corrected chi connectivity index (χ2v) is 6.98. The van der Waals surface area contributed by atoms with Gasteiger partial charge in [0.15, 0.2) is 0 Å². The van der Waals surface area contributed by atoms with Crippen LogP contribution in [0, 0.1) is 0 Å². The third-order valence-electron chi connectivity index (χ3n) is 5.03. The Morgan fingerprint density at radius 2 is 1.70 bits per heavy atom. The first kappa shape index (κ1) is 18.0. The van der Waals surface area contributed by atoms with Crippen LogP contribution in [0.25, 0.3) is 0 Å². The van der Waals surface area contributed by atoms with Gasteiger partial charge in [0.05, 0.1) is 0 Å². The third-order valence-corrected chi connectivity index (χ3v) is 5.03. The molecule has 0 amide bonds. The second-order valence-electron chi connectivity index (χ2n) is 6.98. The summed E-state index contributed by atoms with van der Waals surface area (Å²) in [6, 6.07) is 0.773. The van der Waals surface area contributed by atoms with Crippen LogP contribution in [0.4, 0.5) is 0 Å². The molecular formula is C18H38N2. The van der Waals surface area contributed by atoms with Gasteiger partial charge in [0.2, 0.25) is 0 Å². The fraction of sp³-hybridized carbons (Fsp3) is 1.00. The number of hydrogen-bond donors (Lipinski definition) is 1. The first-order valence-corrected chi connectivity index (χ1v) is 9.14. The number of hydrogen-bond acceptors (Lipinski definition) is 2. The number of unbranched alkanes of at least 4 members (excludes halogenated alkanes) is 5. The van der Waals surface area contributed by atoms with Crippen molar-refractivity contribution >= 4 is 0 Å². The van der Waals surface area contributed by atoms with Gasteiger partial charge >= 0.3 is 0 Å². The van der Waals surface area contributed by atoms with Gasteiger partial charge in [-0.1, -0.05) is 59.3 Å². The Morgan fingerprint density at radius 3 is 2.35 bits per heavy atom. The highest BCUT2D eigenvalue weighted by Crippen LogP contribution is 2.22.